The Morgan fingerprint density at radius 2 is 1.74 bits per heavy atom. The predicted octanol–water partition coefficient (Wildman–Crippen LogP) is 5.88. The number of rotatable bonds is 8. The summed E-state index contributed by atoms with van der Waals surface area (Å²) >= 11 is 5.70. The van der Waals surface area contributed by atoms with Crippen LogP contribution in [0, 0.1) is 5.92 Å². The van der Waals surface area contributed by atoms with Crippen molar-refractivity contribution in [3.05, 3.63) is 83.6 Å². The Balaban J connectivity index is 1.77. The van der Waals surface area contributed by atoms with Crippen LogP contribution in [0.15, 0.2) is 78.1 Å². The monoisotopic (exact) mass is 480 g/mol. The van der Waals surface area contributed by atoms with E-state index in [1.165, 1.54) is 0 Å². The molecule has 2 aromatic carbocycles. The first-order valence-electron chi connectivity index (χ1n) is 11.8. The molecule has 0 bridgehead atoms. The van der Waals surface area contributed by atoms with Crippen molar-refractivity contribution in [3.63, 3.8) is 0 Å². The number of likely N-dealkylation sites (tertiary alicyclic amines) is 1. The zero-order valence-electron chi connectivity index (χ0n) is 20.6. The summed E-state index contributed by atoms with van der Waals surface area (Å²) in [5.74, 6) is 1.53. The number of thiocarbonyl (C=S) groups is 1. The highest BCUT2D eigenvalue weighted by atomic mass is 32.1. The van der Waals surface area contributed by atoms with Crippen LogP contribution in [0.2, 0.25) is 0 Å². The molecule has 0 radical (unpaired) electrons. The number of benzene rings is 2. The first kappa shape index (κ1) is 25.8. The molecule has 1 heterocycles. The minimum absolute atomic E-state index is 0.00349. The van der Waals surface area contributed by atoms with Crippen LogP contribution in [0.4, 0.5) is 5.69 Å². The van der Waals surface area contributed by atoms with E-state index in [0.717, 1.165) is 54.1 Å². The number of allylic oxidation sites excluding steroid dienone is 1. The number of methoxy groups -OCH3 is 1. The van der Waals surface area contributed by atoms with Gasteiger partial charge in [-0.05, 0) is 87.2 Å². The molecule has 1 aliphatic rings. The average molecular weight is 481 g/mol. The number of nitrogens with one attached hydrogen (secondary N) is 1. The Bertz CT molecular complexity index is 1010. The molecule has 1 atom stereocenters. The van der Waals surface area contributed by atoms with Crippen molar-refractivity contribution in [2.45, 2.75) is 39.2 Å². The van der Waals surface area contributed by atoms with E-state index in [1.807, 2.05) is 75.4 Å². The second-order valence-electron chi connectivity index (χ2n) is 8.70. The molecule has 0 aromatic heterocycles. The SMILES string of the molecule is C=C(C)C(=C(C)OC)C(O)(c1ccccc1)C1CCN(C(=S)Nc2ccc(OCC)cc2)CC1. The fourth-order valence-corrected chi connectivity index (χ4v) is 5.08. The smallest absolute Gasteiger partial charge is 0.173 e. The summed E-state index contributed by atoms with van der Waals surface area (Å²) in [5, 5.41) is 16.3. The maximum absolute atomic E-state index is 12.3. The standard InChI is InChI=1S/C28H36N2O3S/c1-6-33-25-14-12-24(13-15-25)29-27(34)30-18-16-23(17-19-30)28(31,22-10-8-7-9-11-22)26(20(2)3)21(4)32-5/h7-15,23,31H,2,6,16-19H2,1,3-5H3,(H,29,34). The van der Waals surface area contributed by atoms with Gasteiger partial charge < -0.3 is 24.8 Å². The minimum atomic E-state index is -1.19. The van der Waals surface area contributed by atoms with E-state index in [1.54, 1.807) is 7.11 Å². The van der Waals surface area contributed by atoms with Gasteiger partial charge in [-0.25, -0.2) is 0 Å². The van der Waals surface area contributed by atoms with Gasteiger partial charge in [0.2, 0.25) is 0 Å². The molecule has 5 nitrogen and oxygen atoms in total. The van der Waals surface area contributed by atoms with E-state index in [9.17, 15) is 5.11 Å². The van der Waals surface area contributed by atoms with Crippen LogP contribution in [0.25, 0.3) is 0 Å². The molecular formula is C28H36N2O3S. The number of ether oxygens (including phenoxy) is 2. The van der Waals surface area contributed by atoms with Gasteiger partial charge >= 0.3 is 0 Å². The van der Waals surface area contributed by atoms with Gasteiger partial charge in [0.25, 0.3) is 0 Å². The van der Waals surface area contributed by atoms with Crippen LogP contribution >= 0.6 is 12.2 Å². The van der Waals surface area contributed by atoms with Crippen molar-refractivity contribution in [2.75, 3.05) is 32.1 Å². The molecule has 6 heteroatoms. The molecule has 0 amide bonds. The summed E-state index contributed by atoms with van der Waals surface area (Å²) in [6.45, 7) is 12.1. The van der Waals surface area contributed by atoms with Gasteiger partial charge in [0, 0.05) is 24.4 Å². The third-order valence-corrected chi connectivity index (χ3v) is 6.83. The molecule has 1 fully saturated rings. The molecule has 2 N–H and O–H groups in total. The lowest BCUT2D eigenvalue weighted by Gasteiger charge is -2.44. The van der Waals surface area contributed by atoms with Crippen molar-refractivity contribution in [1.29, 1.82) is 0 Å². The summed E-state index contributed by atoms with van der Waals surface area (Å²) in [4.78, 5) is 2.17. The Kier molecular flexibility index (Phi) is 8.75. The molecule has 34 heavy (non-hydrogen) atoms. The zero-order chi connectivity index (χ0) is 24.7. The molecule has 182 valence electrons. The van der Waals surface area contributed by atoms with Crippen molar-refractivity contribution >= 4 is 23.0 Å². The van der Waals surface area contributed by atoms with Gasteiger partial charge in [0.05, 0.1) is 19.5 Å². The van der Waals surface area contributed by atoms with Crippen LogP contribution in [0.5, 0.6) is 5.75 Å². The summed E-state index contributed by atoms with van der Waals surface area (Å²) in [6.07, 6.45) is 1.56. The Hall–Kier alpha value is -2.83. The van der Waals surface area contributed by atoms with Crippen molar-refractivity contribution < 1.29 is 14.6 Å². The summed E-state index contributed by atoms with van der Waals surface area (Å²) in [6, 6.07) is 17.7. The quantitative estimate of drug-likeness (QED) is 0.280. The molecular weight excluding hydrogens is 444 g/mol. The molecule has 2 aromatic rings. The summed E-state index contributed by atoms with van der Waals surface area (Å²) in [5.41, 5.74) is 2.16. The highest BCUT2D eigenvalue weighted by Gasteiger charge is 2.44. The predicted molar refractivity (Wildman–Crippen MR) is 143 cm³/mol. The van der Waals surface area contributed by atoms with Gasteiger partial charge in [0.15, 0.2) is 5.11 Å². The number of anilines is 1. The third kappa shape index (κ3) is 5.62. The largest absolute Gasteiger partial charge is 0.501 e. The molecule has 0 aliphatic carbocycles. The third-order valence-electron chi connectivity index (χ3n) is 6.47. The second-order valence-corrected chi connectivity index (χ2v) is 9.08. The van der Waals surface area contributed by atoms with Gasteiger partial charge in [-0.15, -0.1) is 0 Å². The van der Waals surface area contributed by atoms with Gasteiger partial charge in [-0.3, -0.25) is 0 Å². The maximum Gasteiger partial charge on any atom is 0.173 e. The van der Waals surface area contributed by atoms with E-state index in [2.05, 4.69) is 16.8 Å². The van der Waals surface area contributed by atoms with Crippen molar-refractivity contribution in [3.8, 4) is 5.75 Å². The first-order chi connectivity index (χ1) is 16.3. The second kappa shape index (κ2) is 11.5. The molecule has 1 unspecified atom stereocenters. The highest BCUT2D eigenvalue weighted by Crippen LogP contribution is 2.45. The van der Waals surface area contributed by atoms with Crippen molar-refractivity contribution in [1.82, 2.24) is 4.90 Å². The molecule has 0 saturated carbocycles. The maximum atomic E-state index is 12.3. The van der Waals surface area contributed by atoms with Crippen LogP contribution in [0.3, 0.4) is 0 Å². The summed E-state index contributed by atoms with van der Waals surface area (Å²) < 4.78 is 11.1. The number of hydrogen-bond acceptors (Lipinski definition) is 4. The number of hydrogen-bond donors (Lipinski definition) is 2. The molecule has 0 spiro atoms. The highest BCUT2D eigenvalue weighted by molar-refractivity contribution is 7.80. The van der Waals surface area contributed by atoms with Gasteiger partial charge in [-0.1, -0.05) is 36.9 Å². The van der Waals surface area contributed by atoms with Crippen LogP contribution in [-0.2, 0) is 10.3 Å². The minimum Gasteiger partial charge on any atom is -0.501 e. The summed E-state index contributed by atoms with van der Waals surface area (Å²) in [7, 11) is 1.64. The Morgan fingerprint density at radius 1 is 1.12 bits per heavy atom. The lowest BCUT2D eigenvalue weighted by molar-refractivity contribution is -0.0118. The number of nitrogens with zero attached hydrogens (tertiary/aromatic N) is 1. The first-order valence-corrected chi connectivity index (χ1v) is 12.2. The van der Waals surface area contributed by atoms with Crippen LogP contribution in [0.1, 0.15) is 39.2 Å². The molecule has 1 aliphatic heterocycles. The van der Waals surface area contributed by atoms with E-state index in [-0.39, 0.29) is 5.92 Å². The van der Waals surface area contributed by atoms with E-state index >= 15 is 0 Å². The zero-order valence-corrected chi connectivity index (χ0v) is 21.5. The van der Waals surface area contributed by atoms with Gasteiger partial charge in [0.1, 0.15) is 11.4 Å². The fourth-order valence-electron chi connectivity index (χ4n) is 4.78. The number of aliphatic hydroxyl groups is 1. The molecule has 3 rings (SSSR count). The number of piperidine rings is 1. The van der Waals surface area contributed by atoms with E-state index in [0.29, 0.717) is 17.5 Å². The van der Waals surface area contributed by atoms with Crippen LogP contribution in [-0.4, -0.2) is 41.9 Å². The lowest BCUT2D eigenvalue weighted by atomic mass is 9.69. The van der Waals surface area contributed by atoms with Gasteiger partial charge in [-0.2, -0.15) is 0 Å². The average Bonchev–Trinajstić information content (AvgIpc) is 2.85. The molecule has 1 saturated heterocycles. The van der Waals surface area contributed by atoms with E-state index < -0.39 is 5.60 Å². The van der Waals surface area contributed by atoms with Crippen LogP contribution < -0.4 is 10.1 Å². The normalized spacial score (nSPS) is 16.8. The van der Waals surface area contributed by atoms with E-state index in [4.69, 9.17) is 21.7 Å². The lowest BCUT2D eigenvalue weighted by Crippen LogP contribution is -2.47. The Morgan fingerprint density at radius 3 is 2.26 bits per heavy atom. The topological polar surface area (TPSA) is 54.0 Å². The Labute approximate surface area is 209 Å². The van der Waals surface area contributed by atoms with Crippen molar-refractivity contribution in [2.24, 2.45) is 5.92 Å². The fraction of sp³-hybridized carbons (Fsp3) is 0.393.